The van der Waals surface area contributed by atoms with E-state index in [2.05, 4.69) is 0 Å². The molecule has 2 rings (SSSR count). The van der Waals surface area contributed by atoms with Crippen LogP contribution in [0.3, 0.4) is 0 Å². The van der Waals surface area contributed by atoms with Gasteiger partial charge in [-0.05, 0) is 18.2 Å². The van der Waals surface area contributed by atoms with Crippen LogP contribution in [0.1, 0.15) is 0 Å². The van der Waals surface area contributed by atoms with Gasteiger partial charge in [-0.25, -0.2) is 9.69 Å². The van der Waals surface area contributed by atoms with Crippen LogP contribution in [0.15, 0.2) is 24.3 Å². The number of hydrogen-bond donors (Lipinski definition) is 2. The molecule has 1 aromatic rings. The first kappa shape index (κ1) is 11.9. The molecule has 1 heterocycles. The fourth-order valence-corrected chi connectivity index (χ4v) is 1.75. The molecule has 0 radical (unpaired) electrons. The fraction of sp³-hybridized carbons (Fsp3) is 0.182. The third-order valence-electron chi connectivity index (χ3n) is 2.49. The first-order valence-corrected chi connectivity index (χ1v) is 5.18. The number of nitrogens with zero attached hydrogens (tertiary/aromatic N) is 2. The molecule has 7 heteroatoms. The Morgan fingerprint density at radius 3 is 2.72 bits per heavy atom. The highest BCUT2D eigenvalue weighted by molar-refractivity contribution is 6.20. The molecule has 1 aromatic carbocycles. The number of carbonyl (C=O) groups excluding carboxylic acids is 2. The summed E-state index contributed by atoms with van der Waals surface area (Å²) < 4.78 is 0. The Kier molecular flexibility index (Phi) is 2.88. The number of hydrogen-bond acceptors (Lipinski definition) is 4. The van der Waals surface area contributed by atoms with Gasteiger partial charge in [0, 0.05) is 5.69 Å². The summed E-state index contributed by atoms with van der Waals surface area (Å²) in [5.41, 5.74) is 6.34. The van der Waals surface area contributed by atoms with Gasteiger partial charge in [0.2, 0.25) is 0 Å². The zero-order chi connectivity index (χ0) is 13.3. The number of benzene rings is 1. The van der Waals surface area contributed by atoms with Gasteiger partial charge in [-0.15, -0.1) is 0 Å². The minimum absolute atomic E-state index is 0.236. The van der Waals surface area contributed by atoms with Crippen molar-refractivity contribution in [3.63, 3.8) is 0 Å². The van der Waals surface area contributed by atoms with Crippen LogP contribution in [0.5, 0.6) is 0 Å². The smallest absolute Gasteiger partial charge is 0.332 e. The van der Waals surface area contributed by atoms with Crippen molar-refractivity contribution in [1.29, 1.82) is 0 Å². The van der Waals surface area contributed by atoms with Crippen LogP contribution in [-0.2, 0) is 9.59 Å². The quantitative estimate of drug-likeness (QED) is 0.585. The predicted octanol–water partition coefficient (Wildman–Crippen LogP) is 0.122. The highest BCUT2D eigenvalue weighted by Crippen LogP contribution is 2.22. The van der Waals surface area contributed by atoms with Crippen molar-refractivity contribution in [3.8, 4) is 0 Å². The lowest BCUT2D eigenvalue weighted by Crippen LogP contribution is -2.35. The zero-order valence-electron chi connectivity index (χ0n) is 9.37. The van der Waals surface area contributed by atoms with Crippen LogP contribution >= 0.6 is 0 Å². The van der Waals surface area contributed by atoms with Gasteiger partial charge in [-0.3, -0.25) is 9.59 Å². The molecule has 1 saturated heterocycles. The summed E-state index contributed by atoms with van der Waals surface area (Å²) in [6, 6.07) is 5.65. The van der Waals surface area contributed by atoms with E-state index in [0.29, 0.717) is 11.4 Å². The van der Waals surface area contributed by atoms with Gasteiger partial charge in [0.05, 0.1) is 5.69 Å². The maximum absolute atomic E-state index is 11.9. The molecule has 18 heavy (non-hydrogen) atoms. The Morgan fingerprint density at radius 2 is 2.11 bits per heavy atom. The Morgan fingerprint density at radius 1 is 1.39 bits per heavy atom. The number of urea groups is 1. The Labute approximate surface area is 102 Å². The maximum Gasteiger partial charge on any atom is 0.332 e. The van der Waals surface area contributed by atoms with Crippen LogP contribution in [0.2, 0.25) is 0 Å². The van der Waals surface area contributed by atoms with E-state index in [1.54, 1.807) is 18.2 Å². The van der Waals surface area contributed by atoms with E-state index in [9.17, 15) is 14.4 Å². The van der Waals surface area contributed by atoms with Gasteiger partial charge in [-0.2, -0.15) is 0 Å². The largest absolute Gasteiger partial charge is 0.480 e. The lowest BCUT2D eigenvalue weighted by Gasteiger charge is -2.15. The third-order valence-corrected chi connectivity index (χ3v) is 2.49. The molecule has 0 atom stereocenters. The molecule has 3 amide bonds. The minimum Gasteiger partial charge on any atom is -0.480 e. The second-order valence-corrected chi connectivity index (χ2v) is 3.86. The number of carboxylic acids is 1. The van der Waals surface area contributed by atoms with E-state index >= 15 is 0 Å². The highest BCUT2D eigenvalue weighted by atomic mass is 16.4. The van der Waals surface area contributed by atoms with E-state index in [4.69, 9.17) is 10.8 Å². The molecule has 3 N–H and O–H groups in total. The molecular weight excluding hydrogens is 238 g/mol. The SMILES string of the molecule is Nc1cccc(N2C(=O)CN(CC(=O)O)C2=O)c1. The third kappa shape index (κ3) is 2.10. The van der Waals surface area contributed by atoms with Crippen LogP contribution in [-0.4, -0.2) is 41.0 Å². The molecule has 0 aromatic heterocycles. The number of nitrogens with two attached hydrogens (primary N) is 1. The van der Waals surface area contributed by atoms with Crippen molar-refractivity contribution < 1.29 is 19.5 Å². The average molecular weight is 249 g/mol. The Balaban J connectivity index is 2.27. The van der Waals surface area contributed by atoms with Crippen LogP contribution < -0.4 is 10.6 Å². The standard InChI is InChI=1S/C11H11N3O4/c12-7-2-1-3-8(4-7)14-9(15)5-13(11(14)18)6-10(16)17/h1-4H,5-6,12H2,(H,16,17). The van der Waals surface area contributed by atoms with Gasteiger partial charge in [0.25, 0.3) is 5.91 Å². The predicted molar refractivity (Wildman–Crippen MR) is 62.9 cm³/mol. The lowest BCUT2D eigenvalue weighted by molar-refractivity contribution is -0.137. The number of carboxylic acid groups (broad SMARTS) is 1. The summed E-state index contributed by atoms with van der Waals surface area (Å²) in [6.45, 7) is -0.733. The lowest BCUT2D eigenvalue weighted by atomic mass is 10.2. The summed E-state index contributed by atoms with van der Waals surface area (Å²) in [6.07, 6.45) is 0. The summed E-state index contributed by atoms with van der Waals surface area (Å²) in [5, 5.41) is 8.64. The van der Waals surface area contributed by atoms with Crippen molar-refractivity contribution in [2.45, 2.75) is 0 Å². The molecule has 0 bridgehead atoms. The first-order valence-electron chi connectivity index (χ1n) is 5.18. The maximum atomic E-state index is 11.9. The Bertz CT molecular complexity index is 529. The van der Waals surface area contributed by atoms with E-state index in [0.717, 1.165) is 9.80 Å². The summed E-state index contributed by atoms with van der Waals surface area (Å²) in [5.74, 6) is -1.63. The normalized spacial score (nSPS) is 15.3. The summed E-state index contributed by atoms with van der Waals surface area (Å²) in [4.78, 5) is 36.1. The molecule has 1 aliphatic rings. The molecule has 7 nitrogen and oxygen atoms in total. The number of carbonyl (C=O) groups is 3. The van der Waals surface area contributed by atoms with Gasteiger partial charge in [0.15, 0.2) is 0 Å². The van der Waals surface area contributed by atoms with Crippen molar-refractivity contribution in [3.05, 3.63) is 24.3 Å². The number of nitrogen functional groups attached to an aromatic ring is 1. The Hall–Kier alpha value is -2.57. The second kappa shape index (κ2) is 4.36. The number of imide groups is 1. The van der Waals surface area contributed by atoms with Crippen LogP contribution in [0, 0.1) is 0 Å². The molecule has 0 spiro atoms. The van der Waals surface area contributed by atoms with Crippen LogP contribution in [0.4, 0.5) is 16.2 Å². The number of amides is 3. The van der Waals surface area contributed by atoms with E-state index in [1.165, 1.54) is 6.07 Å². The van der Waals surface area contributed by atoms with E-state index in [-0.39, 0.29) is 6.54 Å². The van der Waals surface area contributed by atoms with Crippen molar-refractivity contribution in [2.75, 3.05) is 23.7 Å². The summed E-state index contributed by atoms with van der Waals surface area (Å²) in [7, 11) is 0. The van der Waals surface area contributed by atoms with E-state index in [1.807, 2.05) is 0 Å². The van der Waals surface area contributed by atoms with Gasteiger partial charge < -0.3 is 15.7 Å². The molecular formula is C11H11N3O4. The summed E-state index contributed by atoms with van der Waals surface area (Å²) >= 11 is 0. The molecule has 1 fully saturated rings. The monoisotopic (exact) mass is 249 g/mol. The first-order chi connectivity index (χ1) is 8.49. The number of rotatable bonds is 3. The van der Waals surface area contributed by atoms with Crippen molar-refractivity contribution in [2.24, 2.45) is 0 Å². The van der Waals surface area contributed by atoms with Crippen molar-refractivity contribution in [1.82, 2.24) is 4.90 Å². The van der Waals surface area contributed by atoms with Gasteiger partial charge >= 0.3 is 12.0 Å². The van der Waals surface area contributed by atoms with E-state index < -0.39 is 24.5 Å². The molecule has 1 aliphatic heterocycles. The average Bonchev–Trinajstić information content (AvgIpc) is 2.53. The highest BCUT2D eigenvalue weighted by Gasteiger charge is 2.37. The molecule has 0 unspecified atom stereocenters. The van der Waals surface area contributed by atoms with Gasteiger partial charge in [0.1, 0.15) is 13.1 Å². The topological polar surface area (TPSA) is 104 Å². The number of anilines is 2. The second-order valence-electron chi connectivity index (χ2n) is 3.86. The van der Waals surface area contributed by atoms with Gasteiger partial charge in [-0.1, -0.05) is 6.07 Å². The molecule has 0 saturated carbocycles. The number of aliphatic carboxylic acids is 1. The molecule has 94 valence electrons. The fourth-order valence-electron chi connectivity index (χ4n) is 1.75. The zero-order valence-corrected chi connectivity index (χ0v) is 9.37. The molecule has 0 aliphatic carbocycles. The van der Waals surface area contributed by atoms with Crippen LogP contribution in [0.25, 0.3) is 0 Å². The van der Waals surface area contributed by atoms with Crippen molar-refractivity contribution >= 4 is 29.3 Å². The minimum atomic E-state index is -1.16.